The van der Waals surface area contributed by atoms with Gasteiger partial charge in [0.2, 0.25) is 0 Å². The van der Waals surface area contributed by atoms with Crippen LogP contribution in [0, 0.1) is 11.7 Å². The highest BCUT2D eigenvalue weighted by Gasteiger charge is 2.27. The molecule has 2 aliphatic rings. The molecule has 1 aromatic rings. The first-order valence-corrected chi connectivity index (χ1v) is 10.5. The highest BCUT2D eigenvalue weighted by atomic mass is 19.1. The number of carbonyl (C=O) groups excluding carboxylic acids is 1. The van der Waals surface area contributed by atoms with Gasteiger partial charge < -0.3 is 9.84 Å². The molecule has 160 valence electrons. The van der Waals surface area contributed by atoms with Crippen molar-refractivity contribution in [2.45, 2.75) is 58.7 Å². The molecule has 5 nitrogen and oxygen atoms in total. The van der Waals surface area contributed by atoms with E-state index in [0.717, 1.165) is 35.2 Å². The van der Waals surface area contributed by atoms with Crippen molar-refractivity contribution in [1.82, 2.24) is 5.43 Å². The van der Waals surface area contributed by atoms with E-state index < -0.39 is 18.2 Å². The van der Waals surface area contributed by atoms with Gasteiger partial charge in [0.05, 0.1) is 23.9 Å². The molecule has 30 heavy (non-hydrogen) atoms. The van der Waals surface area contributed by atoms with E-state index in [2.05, 4.69) is 37.4 Å². The lowest BCUT2D eigenvalue weighted by molar-refractivity contribution is -0.156. The van der Waals surface area contributed by atoms with Gasteiger partial charge in [0, 0.05) is 17.6 Å². The van der Waals surface area contributed by atoms with Crippen LogP contribution in [0.1, 0.15) is 52.0 Å². The second kappa shape index (κ2) is 9.85. The average Bonchev–Trinajstić information content (AvgIpc) is 2.70. The summed E-state index contributed by atoms with van der Waals surface area (Å²) in [7, 11) is 0. The van der Waals surface area contributed by atoms with Crippen molar-refractivity contribution in [3.63, 3.8) is 0 Å². The predicted octanol–water partition coefficient (Wildman–Crippen LogP) is 4.39. The Kier molecular flexibility index (Phi) is 7.21. The highest BCUT2D eigenvalue weighted by Crippen LogP contribution is 2.30. The Morgan fingerprint density at radius 1 is 1.33 bits per heavy atom. The molecule has 2 atom stereocenters. The molecular formula is C24H29FN2O3. The molecule has 3 rings (SSSR count). The van der Waals surface area contributed by atoms with Crippen molar-refractivity contribution in [3.8, 4) is 0 Å². The molecule has 1 saturated heterocycles. The van der Waals surface area contributed by atoms with Crippen LogP contribution in [0.25, 0.3) is 0 Å². The summed E-state index contributed by atoms with van der Waals surface area (Å²) in [6, 6.07) is 6.23. The van der Waals surface area contributed by atoms with Crippen molar-refractivity contribution in [3.05, 3.63) is 70.7 Å². The van der Waals surface area contributed by atoms with Crippen molar-refractivity contribution in [2.75, 3.05) is 0 Å². The van der Waals surface area contributed by atoms with Crippen LogP contribution in [-0.2, 0) is 9.53 Å². The summed E-state index contributed by atoms with van der Waals surface area (Å²) in [6.45, 7) is 6.35. The largest absolute Gasteiger partial charge is 0.458 e. The number of hydrogen-bond donors (Lipinski definition) is 2. The zero-order chi connectivity index (χ0) is 21.7. The van der Waals surface area contributed by atoms with Crippen LogP contribution in [0.5, 0.6) is 0 Å². The summed E-state index contributed by atoms with van der Waals surface area (Å²) in [6.07, 6.45) is 7.00. The van der Waals surface area contributed by atoms with E-state index in [9.17, 15) is 14.3 Å². The number of aliphatic hydroxyl groups is 1. The molecule has 1 fully saturated rings. The number of hydrogen-bond acceptors (Lipinski definition) is 5. The first-order valence-electron chi connectivity index (χ1n) is 10.5. The predicted molar refractivity (Wildman–Crippen MR) is 115 cm³/mol. The van der Waals surface area contributed by atoms with Gasteiger partial charge in [0.15, 0.2) is 0 Å². The number of aliphatic hydroxyl groups excluding tert-OH is 1. The van der Waals surface area contributed by atoms with Gasteiger partial charge in [0.25, 0.3) is 0 Å². The maximum atomic E-state index is 13.5. The van der Waals surface area contributed by atoms with Crippen molar-refractivity contribution in [1.29, 1.82) is 0 Å². The summed E-state index contributed by atoms with van der Waals surface area (Å²) < 4.78 is 18.8. The Hall–Kier alpha value is -2.73. The second-order valence-electron chi connectivity index (χ2n) is 7.95. The third-order valence-electron chi connectivity index (χ3n) is 5.12. The molecule has 0 spiro atoms. The first kappa shape index (κ1) is 22.0. The molecular weight excluding hydrogens is 383 g/mol. The molecule has 0 saturated carbocycles. The minimum atomic E-state index is -0.697. The lowest BCUT2D eigenvalue weighted by atomic mass is 9.87. The third kappa shape index (κ3) is 5.25. The SMILES string of the molecule is CCC/C=C1\NN=C(c2ccc(F)cc2)C(/C=C/[C@@H]2C[C@@H](O)CC(=O)O2)=C1C(C)C. The molecule has 2 N–H and O–H groups in total. The normalized spacial score (nSPS) is 23.7. The summed E-state index contributed by atoms with van der Waals surface area (Å²) in [4.78, 5) is 11.7. The minimum absolute atomic E-state index is 0.0282. The van der Waals surface area contributed by atoms with E-state index in [0.29, 0.717) is 12.1 Å². The van der Waals surface area contributed by atoms with Gasteiger partial charge in [-0.1, -0.05) is 39.3 Å². The highest BCUT2D eigenvalue weighted by molar-refractivity contribution is 6.15. The van der Waals surface area contributed by atoms with E-state index in [4.69, 9.17) is 4.74 Å². The van der Waals surface area contributed by atoms with Crippen LogP contribution < -0.4 is 5.43 Å². The van der Waals surface area contributed by atoms with Crippen LogP contribution in [0.15, 0.2) is 64.4 Å². The summed E-state index contributed by atoms with van der Waals surface area (Å²) in [5.41, 5.74) is 7.61. The molecule has 2 heterocycles. The number of unbranched alkanes of at least 4 members (excludes halogenated alkanes) is 1. The fraction of sp³-hybridized carbons (Fsp3) is 0.417. The molecule has 0 radical (unpaired) electrons. The minimum Gasteiger partial charge on any atom is -0.458 e. The summed E-state index contributed by atoms with van der Waals surface area (Å²) in [5, 5.41) is 14.5. The number of nitrogens with one attached hydrogen (secondary N) is 1. The zero-order valence-corrected chi connectivity index (χ0v) is 17.7. The number of halogens is 1. The number of nitrogens with zero attached hydrogens (tertiary/aromatic N) is 1. The van der Waals surface area contributed by atoms with E-state index in [1.165, 1.54) is 12.1 Å². The van der Waals surface area contributed by atoms with Crippen LogP contribution in [0.2, 0.25) is 0 Å². The third-order valence-corrected chi connectivity index (χ3v) is 5.12. The van der Waals surface area contributed by atoms with Gasteiger partial charge in [-0.25, -0.2) is 4.39 Å². The van der Waals surface area contributed by atoms with Crippen LogP contribution in [0.3, 0.4) is 0 Å². The smallest absolute Gasteiger partial charge is 0.309 e. The monoisotopic (exact) mass is 412 g/mol. The van der Waals surface area contributed by atoms with Crippen LogP contribution in [0.4, 0.5) is 4.39 Å². The van der Waals surface area contributed by atoms with Gasteiger partial charge in [-0.2, -0.15) is 5.10 Å². The second-order valence-corrected chi connectivity index (χ2v) is 7.95. The Labute approximate surface area is 177 Å². The van der Waals surface area contributed by atoms with Gasteiger partial charge in [-0.05, 0) is 48.3 Å². The maximum Gasteiger partial charge on any atom is 0.309 e. The summed E-state index contributed by atoms with van der Waals surface area (Å²) in [5.74, 6) is -0.506. The van der Waals surface area contributed by atoms with Gasteiger partial charge >= 0.3 is 5.97 Å². The number of ether oxygens (including phenoxy) is 1. The Morgan fingerprint density at radius 2 is 2.07 bits per heavy atom. The average molecular weight is 413 g/mol. The Bertz CT molecular complexity index is 898. The van der Waals surface area contributed by atoms with E-state index >= 15 is 0 Å². The fourth-order valence-corrected chi connectivity index (χ4v) is 3.70. The van der Waals surface area contributed by atoms with Crippen molar-refractivity contribution in [2.24, 2.45) is 11.0 Å². The topological polar surface area (TPSA) is 70.9 Å². The molecule has 6 heteroatoms. The zero-order valence-electron chi connectivity index (χ0n) is 17.7. The molecule has 0 aliphatic carbocycles. The fourth-order valence-electron chi connectivity index (χ4n) is 3.70. The lowest BCUT2D eigenvalue weighted by Crippen LogP contribution is -2.31. The maximum absolute atomic E-state index is 13.5. The van der Waals surface area contributed by atoms with Crippen LogP contribution >= 0.6 is 0 Å². The molecule has 0 aromatic heterocycles. The molecule has 0 amide bonds. The van der Waals surface area contributed by atoms with E-state index in [-0.39, 0.29) is 18.2 Å². The number of carbonyl (C=O) groups is 1. The van der Waals surface area contributed by atoms with E-state index in [1.807, 2.05) is 6.08 Å². The number of hydrazone groups is 1. The summed E-state index contributed by atoms with van der Waals surface area (Å²) >= 11 is 0. The standard InChI is InChI=1S/C24H29FN2O3/c1-4-5-6-21-23(15(2)3)20(12-11-19-13-18(28)14-22(29)30-19)24(27-26-21)16-7-9-17(25)10-8-16/h6-12,15,18-19,26,28H,4-5,13-14H2,1-3H3/b12-11+,21-6-/t18-,19-/m1/s1. The number of esters is 1. The number of rotatable bonds is 6. The first-order chi connectivity index (χ1) is 14.4. The van der Waals surface area contributed by atoms with Crippen LogP contribution in [-0.4, -0.2) is 29.0 Å². The van der Waals surface area contributed by atoms with Gasteiger partial charge in [-0.3, -0.25) is 10.2 Å². The number of allylic oxidation sites excluding steroid dienone is 4. The lowest BCUT2D eigenvalue weighted by Gasteiger charge is -2.27. The molecule has 0 bridgehead atoms. The quantitative estimate of drug-likeness (QED) is 0.680. The molecule has 2 aliphatic heterocycles. The van der Waals surface area contributed by atoms with Gasteiger partial charge in [0.1, 0.15) is 11.9 Å². The number of cyclic esters (lactones) is 1. The Balaban J connectivity index is 2.04. The molecule has 1 aromatic carbocycles. The van der Waals surface area contributed by atoms with Gasteiger partial charge in [-0.15, -0.1) is 0 Å². The molecule has 0 unspecified atom stereocenters. The van der Waals surface area contributed by atoms with Crippen molar-refractivity contribution < 1.29 is 19.0 Å². The number of benzene rings is 1. The Morgan fingerprint density at radius 3 is 2.70 bits per heavy atom. The van der Waals surface area contributed by atoms with Crippen molar-refractivity contribution >= 4 is 11.7 Å². The van der Waals surface area contributed by atoms with E-state index in [1.54, 1.807) is 18.2 Å².